The second kappa shape index (κ2) is 7.75. The molecule has 0 unspecified atom stereocenters. The Hall–Kier alpha value is -2.67. The Morgan fingerprint density at radius 2 is 1.96 bits per heavy atom. The number of aliphatic hydroxyl groups is 1. The van der Waals surface area contributed by atoms with Crippen LogP contribution in [0.25, 0.3) is 22.1 Å². The molecule has 0 aliphatic rings. The predicted octanol–water partition coefficient (Wildman–Crippen LogP) is 3.93. The smallest absolute Gasteiger partial charge is 0.297 e. The van der Waals surface area contributed by atoms with Crippen molar-refractivity contribution in [2.45, 2.75) is 25.7 Å². The van der Waals surface area contributed by atoms with E-state index < -0.39 is 6.10 Å². The zero-order valence-electron chi connectivity index (χ0n) is 15.2. The van der Waals surface area contributed by atoms with Crippen LogP contribution in [-0.2, 0) is 11.3 Å². The van der Waals surface area contributed by atoms with E-state index in [4.69, 9.17) is 20.8 Å². The van der Waals surface area contributed by atoms with E-state index in [0.717, 1.165) is 10.9 Å². The summed E-state index contributed by atoms with van der Waals surface area (Å²) in [6.07, 6.45) is 0.356. The largest absolute Gasteiger partial charge is 0.448 e. The number of furan rings is 1. The maximum absolute atomic E-state index is 12.7. The highest BCUT2D eigenvalue weighted by atomic mass is 35.5. The van der Waals surface area contributed by atoms with Crippen molar-refractivity contribution in [2.24, 2.45) is 0 Å². The van der Waals surface area contributed by atoms with Gasteiger partial charge in [0, 0.05) is 10.4 Å². The van der Waals surface area contributed by atoms with Gasteiger partial charge in [-0.3, -0.25) is 9.36 Å². The summed E-state index contributed by atoms with van der Waals surface area (Å²) >= 11 is 5.89. The number of hydrogen-bond donors (Lipinski definition) is 1. The molecule has 144 valence electrons. The molecule has 0 spiro atoms. The van der Waals surface area contributed by atoms with Crippen LogP contribution in [-0.4, -0.2) is 27.4 Å². The van der Waals surface area contributed by atoms with Crippen LogP contribution >= 0.6 is 11.6 Å². The molecular weight excluding hydrogens is 380 g/mol. The quantitative estimate of drug-likeness (QED) is 0.532. The van der Waals surface area contributed by atoms with Crippen molar-refractivity contribution in [3.8, 4) is 0 Å². The van der Waals surface area contributed by atoms with Crippen molar-refractivity contribution >= 4 is 33.7 Å². The van der Waals surface area contributed by atoms with Gasteiger partial charge in [0.05, 0.1) is 31.7 Å². The monoisotopic (exact) mass is 398 g/mol. The van der Waals surface area contributed by atoms with Gasteiger partial charge in [-0.25, -0.2) is 4.98 Å². The Balaban J connectivity index is 1.46. The van der Waals surface area contributed by atoms with E-state index in [1.54, 1.807) is 18.2 Å². The number of nitrogens with zero attached hydrogens (tertiary/aromatic N) is 2. The third-order valence-corrected chi connectivity index (χ3v) is 4.89. The molecule has 0 radical (unpaired) electrons. The zero-order valence-corrected chi connectivity index (χ0v) is 16.0. The van der Waals surface area contributed by atoms with Crippen LogP contribution in [0, 0.1) is 0 Å². The Labute approximate surface area is 165 Å². The summed E-state index contributed by atoms with van der Waals surface area (Å²) in [4.78, 5) is 17.0. The lowest BCUT2D eigenvalue weighted by molar-refractivity contribution is -0.00912. The highest BCUT2D eigenvalue weighted by Gasteiger charge is 2.16. The van der Waals surface area contributed by atoms with Crippen LogP contribution < -0.4 is 5.56 Å². The molecule has 7 heteroatoms. The molecule has 0 bridgehead atoms. The van der Waals surface area contributed by atoms with E-state index in [0.29, 0.717) is 16.1 Å². The molecule has 1 N–H and O–H groups in total. The second-order valence-electron chi connectivity index (χ2n) is 6.66. The van der Waals surface area contributed by atoms with Gasteiger partial charge in [-0.1, -0.05) is 35.9 Å². The lowest BCUT2D eigenvalue weighted by Crippen LogP contribution is -2.29. The molecule has 0 aliphatic carbocycles. The third-order valence-electron chi connectivity index (χ3n) is 4.64. The van der Waals surface area contributed by atoms with Gasteiger partial charge in [0.1, 0.15) is 11.1 Å². The minimum atomic E-state index is -0.865. The molecular formula is C21H19ClN2O4. The molecule has 0 fully saturated rings. The van der Waals surface area contributed by atoms with Crippen molar-refractivity contribution in [2.75, 3.05) is 6.61 Å². The average molecular weight is 399 g/mol. The highest BCUT2D eigenvalue weighted by Crippen LogP contribution is 2.24. The van der Waals surface area contributed by atoms with Gasteiger partial charge < -0.3 is 14.3 Å². The SMILES string of the molecule is C[C@H](OC[C@H](O)Cn1cnc2c(oc3ccccc32)c1=O)c1ccc(Cl)cc1. The van der Waals surface area contributed by atoms with E-state index in [1.807, 2.05) is 37.3 Å². The van der Waals surface area contributed by atoms with E-state index in [1.165, 1.54) is 10.9 Å². The normalized spacial score (nSPS) is 13.8. The third kappa shape index (κ3) is 3.67. The number of para-hydroxylation sites is 1. The molecule has 4 aromatic rings. The standard InChI is InChI=1S/C21H19ClN2O4/c1-13(14-6-8-15(22)9-7-14)27-11-16(25)10-24-12-23-19-17-4-2-3-5-18(17)28-20(19)21(24)26/h2-9,12-13,16,25H,10-11H2,1H3/t13-,16+/m0/s1. The molecule has 0 saturated carbocycles. The molecule has 2 heterocycles. The van der Waals surface area contributed by atoms with Crippen molar-refractivity contribution in [3.63, 3.8) is 0 Å². The molecule has 0 saturated heterocycles. The van der Waals surface area contributed by atoms with Crippen molar-refractivity contribution in [1.82, 2.24) is 9.55 Å². The summed E-state index contributed by atoms with van der Waals surface area (Å²) in [5, 5.41) is 11.8. The number of hydrogen-bond acceptors (Lipinski definition) is 5. The highest BCUT2D eigenvalue weighted by molar-refractivity contribution is 6.30. The van der Waals surface area contributed by atoms with Gasteiger partial charge in [0.2, 0.25) is 5.58 Å². The lowest BCUT2D eigenvalue weighted by Gasteiger charge is -2.17. The Morgan fingerprint density at radius 3 is 2.75 bits per heavy atom. The first-order valence-corrected chi connectivity index (χ1v) is 9.32. The van der Waals surface area contributed by atoms with E-state index in [-0.39, 0.29) is 30.4 Å². The molecule has 28 heavy (non-hydrogen) atoms. The minimum absolute atomic E-state index is 0.0617. The topological polar surface area (TPSA) is 77.5 Å². The van der Waals surface area contributed by atoms with Crippen molar-refractivity contribution < 1.29 is 14.3 Å². The lowest BCUT2D eigenvalue weighted by atomic mass is 10.1. The van der Waals surface area contributed by atoms with Crippen LogP contribution in [0.2, 0.25) is 5.02 Å². The van der Waals surface area contributed by atoms with Crippen LogP contribution in [0.15, 0.2) is 64.1 Å². The first-order chi connectivity index (χ1) is 13.5. The molecule has 2 aromatic heterocycles. The molecule has 2 aromatic carbocycles. The minimum Gasteiger partial charge on any atom is -0.448 e. The summed E-state index contributed by atoms with van der Waals surface area (Å²) in [7, 11) is 0. The number of aromatic nitrogens is 2. The van der Waals surface area contributed by atoms with E-state index in [9.17, 15) is 9.90 Å². The van der Waals surface area contributed by atoms with Crippen LogP contribution in [0.3, 0.4) is 0 Å². The maximum atomic E-state index is 12.7. The zero-order chi connectivity index (χ0) is 19.7. The number of benzene rings is 2. The van der Waals surface area contributed by atoms with Crippen LogP contribution in [0.1, 0.15) is 18.6 Å². The Bertz CT molecular complexity index is 1170. The molecule has 2 atom stereocenters. The molecule has 4 rings (SSSR count). The molecule has 0 aliphatic heterocycles. The summed E-state index contributed by atoms with van der Waals surface area (Å²) in [5.41, 5.74) is 1.95. The molecule has 0 amide bonds. The van der Waals surface area contributed by atoms with Crippen LogP contribution in [0.5, 0.6) is 0 Å². The number of fused-ring (bicyclic) bond motifs is 3. The number of halogens is 1. The van der Waals surface area contributed by atoms with E-state index >= 15 is 0 Å². The summed E-state index contributed by atoms with van der Waals surface area (Å²) < 4.78 is 12.7. The molecule has 6 nitrogen and oxygen atoms in total. The van der Waals surface area contributed by atoms with Crippen LogP contribution in [0.4, 0.5) is 0 Å². The number of rotatable bonds is 6. The predicted molar refractivity (Wildman–Crippen MR) is 108 cm³/mol. The van der Waals surface area contributed by atoms with Crippen molar-refractivity contribution in [1.29, 1.82) is 0 Å². The number of ether oxygens (including phenoxy) is 1. The average Bonchev–Trinajstić information content (AvgIpc) is 3.08. The van der Waals surface area contributed by atoms with Gasteiger partial charge >= 0.3 is 0 Å². The maximum Gasteiger partial charge on any atom is 0.297 e. The Kier molecular flexibility index (Phi) is 5.17. The van der Waals surface area contributed by atoms with Gasteiger partial charge in [0.15, 0.2) is 0 Å². The van der Waals surface area contributed by atoms with Gasteiger partial charge in [-0.05, 0) is 36.8 Å². The van der Waals surface area contributed by atoms with Gasteiger partial charge in [-0.2, -0.15) is 0 Å². The fourth-order valence-electron chi connectivity index (χ4n) is 3.11. The second-order valence-corrected chi connectivity index (χ2v) is 7.10. The van der Waals surface area contributed by atoms with E-state index in [2.05, 4.69) is 4.98 Å². The number of aliphatic hydroxyl groups excluding tert-OH is 1. The fourth-order valence-corrected chi connectivity index (χ4v) is 3.24. The summed E-state index contributed by atoms with van der Waals surface area (Å²) in [5.74, 6) is 0. The fraction of sp³-hybridized carbons (Fsp3) is 0.238. The Morgan fingerprint density at radius 1 is 1.21 bits per heavy atom. The summed E-state index contributed by atoms with van der Waals surface area (Å²) in [6.45, 7) is 2.03. The first-order valence-electron chi connectivity index (χ1n) is 8.95. The summed E-state index contributed by atoms with van der Waals surface area (Å²) in [6, 6.07) is 14.7. The first kappa shape index (κ1) is 18.7. The van der Waals surface area contributed by atoms with Crippen molar-refractivity contribution in [3.05, 3.63) is 75.8 Å². The van der Waals surface area contributed by atoms with Gasteiger partial charge in [0.25, 0.3) is 5.56 Å². The van der Waals surface area contributed by atoms with Gasteiger partial charge in [-0.15, -0.1) is 0 Å².